The van der Waals surface area contributed by atoms with Crippen molar-refractivity contribution in [2.75, 3.05) is 12.4 Å². The van der Waals surface area contributed by atoms with Gasteiger partial charge in [-0.3, -0.25) is 19.2 Å². The zero-order chi connectivity index (χ0) is 20.6. The number of carbonyl (C=O) groups is 4. The summed E-state index contributed by atoms with van der Waals surface area (Å²) in [5.74, 6) is -2.67. The fourth-order valence-electron chi connectivity index (χ4n) is 2.44. The first kappa shape index (κ1) is 22.7. The Hall–Kier alpha value is -2.32. The first-order valence-electron chi connectivity index (χ1n) is 7.94. The summed E-state index contributed by atoms with van der Waals surface area (Å²) in [4.78, 5) is 45.8. The Morgan fingerprint density at radius 1 is 0.889 bits per heavy atom. The van der Waals surface area contributed by atoms with Gasteiger partial charge in [0.15, 0.2) is 18.3 Å². The summed E-state index contributed by atoms with van der Waals surface area (Å²) in [5.41, 5.74) is -0.912. The van der Waals surface area contributed by atoms with E-state index in [0.29, 0.717) is 0 Å². The molecule has 0 aliphatic carbocycles. The van der Waals surface area contributed by atoms with E-state index in [2.05, 4.69) is 0 Å². The van der Waals surface area contributed by atoms with Crippen LogP contribution in [0, 0.1) is 11.3 Å². The van der Waals surface area contributed by atoms with Crippen LogP contribution < -0.4 is 0 Å². The monoisotopic (exact) mass is 403 g/mol. The Labute approximate surface area is 160 Å². The lowest BCUT2D eigenvalue weighted by atomic mass is 9.99. The van der Waals surface area contributed by atoms with Crippen molar-refractivity contribution >= 4 is 35.6 Å². The molecule has 150 valence electrons. The second-order valence-corrected chi connectivity index (χ2v) is 6.62. The minimum atomic E-state index is -1.21. The van der Waals surface area contributed by atoms with Crippen LogP contribution in [0.25, 0.3) is 0 Å². The first-order valence-corrected chi connectivity index (χ1v) is 8.99. The Morgan fingerprint density at radius 2 is 1.41 bits per heavy atom. The highest BCUT2D eigenvalue weighted by Crippen LogP contribution is 2.34. The maximum absolute atomic E-state index is 11.6. The predicted octanol–water partition coefficient (Wildman–Crippen LogP) is 0.326. The molecule has 11 heteroatoms. The second kappa shape index (κ2) is 10.7. The van der Waals surface area contributed by atoms with Crippen molar-refractivity contribution in [2.24, 2.45) is 0 Å². The summed E-state index contributed by atoms with van der Waals surface area (Å²) in [6.45, 7) is 4.34. The van der Waals surface area contributed by atoms with Crippen LogP contribution in [0.15, 0.2) is 0 Å². The average Bonchev–Trinajstić information content (AvgIpc) is 2.54. The van der Waals surface area contributed by atoms with Crippen LogP contribution in [0.2, 0.25) is 0 Å². The molecule has 0 N–H and O–H groups in total. The maximum atomic E-state index is 11.6. The quantitative estimate of drug-likeness (QED) is 0.429. The average molecular weight is 403 g/mol. The second-order valence-electron chi connectivity index (χ2n) is 5.54. The fourth-order valence-corrected chi connectivity index (χ4v) is 3.30. The third-order valence-corrected chi connectivity index (χ3v) is 4.26. The van der Waals surface area contributed by atoms with E-state index in [4.69, 9.17) is 28.9 Å². The minimum absolute atomic E-state index is 0.00621. The largest absolute Gasteiger partial charge is 0.463 e. The van der Waals surface area contributed by atoms with E-state index in [-0.39, 0.29) is 12.4 Å². The van der Waals surface area contributed by atoms with Gasteiger partial charge in [0.2, 0.25) is 0 Å². The lowest BCUT2D eigenvalue weighted by Crippen LogP contribution is -2.61. The highest BCUT2D eigenvalue weighted by molar-refractivity contribution is 8.00. The van der Waals surface area contributed by atoms with Gasteiger partial charge in [0.25, 0.3) is 0 Å². The summed E-state index contributed by atoms with van der Waals surface area (Å²) in [5, 5.41) is 8.83. The number of esters is 4. The van der Waals surface area contributed by atoms with E-state index >= 15 is 0 Å². The SMILES string of the molecule is CC(=O)OC[C@H]1OC(SCC#N)[C@@H](OC(C)=O)[C@@H](OC(C)=O)[C@@H]1OC(C)=O. The van der Waals surface area contributed by atoms with Crippen LogP contribution in [-0.4, -0.2) is 66.1 Å². The number of nitriles is 1. The van der Waals surface area contributed by atoms with Gasteiger partial charge in [-0.15, -0.1) is 11.8 Å². The molecule has 0 aromatic carbocycles. The van der Waals surface area contributed by atoms with Gasteiger partial charge in [0.05, 0.1) is 11.8 Å². The number of carbonyl (C=O) groups excluding carboxylic acids is 4. The van der Waals surface area contributed by atoms with E-state index in [1.165, 1.54) is 6.92 Å². The molecule has 10 nitrogen and oxygen atoms in total. The molecule has 1 aliphatic heterocycles. The molecular formula is C16H21NO9S. The van der Waals surface area contributed by atoms with Crippen LogP contribution in [0.4, 0.5) is 0 Å². The molecule has 0 amide bonds. The van der Waals surface area contributed by atoms with Gasteiger partial charge in [0, 0.05) is 27.7 Å². The molecule has 0 saturated carbocycles. The van der Waals surface area contributed by atoms with Gasteiger partial charge in [-0.25, -0.2) is 0 Å². The topological polar surface area (TPSA) is 138 Å². The molecule has 0 radical (unpaired) electrons. The summed E-state index contributed by atoms with van der Waals surface area (Å²) in [6, 6.07) is 1.92. The fraction of sp³-hybridized carbons (Fsp3) is 0.688. The molecule has 0 bridgehead atoms. The number of thioether (sulfide) groups is 1. The Kier molecular flexibility index (Phi) is 9.04. The zero-order valence-electron chi connectivity index (χ0n) is 15.3. The minimum Gasteiger partial charge on any atom is -0.463 e. The molecule has 27 heavy (non-hydrogen) atoms. The Balaban J connectivity index is 3.25. The van der Waals surface area contributed by atoms with Gasteiger partial charge in [-0.1, -0.05) is 0 Å². The normalized spacial score (nSPS) is 27.0. The lowest BCUT2D eigenvalue weighted by molar-refractivity contribution is -0.237. The molecule has 1 aliphatic rings. The first-order chi connectivity index (χ1) is 12.6. The third kappa shape index (κ3) is 7.44. The van der Waals surface area contributed by atoms with Crippen molar-refractivity contribution in [3.8, 4) is 6.07 Å². The zero-order valence-corrected chi connectivity index (χ0v) is 16.1. The van der Waals surface area contributed by atoms with Gasteiger partial charge in [-0.05, 0) is 0 Å². The Bertz CT molecular complexity index is 618. The van der Waals surface area contributed by atoms with E-state index in [0.717, 1.165) is 32.5 Å². The summed E-state index contributed by atoms with van der Waals surface area (Å²) >= 11 is 1.00. The van der Waals surface area contributed by atoms with Crippen molar-refractivity contribution in [1.82, 2.24) is 0 Å². The molecular weight excluding hydrogens is 382 g/mol. The number of rotatable bonds is 7. The number of hydrogen-bond donors (Lipinski definition) is 0. The van der Waals surface area contributed by atoms with Gasteiger partial charge < -0.3 is 23.7 Å². The molecule has 1 saturated heterocycles. The van der Waals surface area contributed by atoms with Crippen molar-refractivity contribution in [3.63, 3.8) is 0 Å². The van der Waals surface area contributed by atoms with Crippen LogP contribution >= 0.6 is 11.8 Å². The highest BCUT2D eigenvalue weighted by atomic mass is 32.2. The molecule has 1 fully saturated rings. The molecule has 1 rings (SSSR count). The highest BCUT2D eigenvalue weighted by Gasteiger charge is 2.52. The van der Waals surface area contributed by atoms with E-state index in [1.807, 2.05) is 6.07 Å². The van der Waals surface area contributed by atoms with Gasteiger partial charge in [-0.2, -0.15) is 5.26 Å². The van der Waals surface area contributed by atoms with E-state index < -0.39 is 53.7 Å². The van der Waals surface area contributed by atoms with Crippen molar-refractivity contribution in [3.05, 3.63) is 0 Å². The maximum Gasteiger partial charge on any atom is 0.303 e. The van der Waals surface area contributed by atoms with Gasteiger partial charge >= 0.3 is 23.9 Å². The Morgan fingerprint density at radius 3 is 1.89 bits per heavy atom. The molecule has 1 heterocycles. The summed E-state index contributed by atoms with van der Waals surface area (Å²) in [7, 11) is 0. The lowest BCUT2D eigenvalue weighted by Gasteiger charge is -2.44. The third-order valence-electron chi connectivity index (χ3n) is 3.26. The molecule has 1 unspecified atom stereocenters. The number of ether oxygens (including phenoxy) is 5. The van der Waals surface area contributed by atoms with Crippen LogP contribution in [0.3, 0.4) is 0 Å². The number of nitrogens with zero attached hydrogens (tertiary/aromatic N) is 1. The van der Waals surface area contributed by atoms with Crippen LogP contribution in [0.5, 0.6) is 0 Å². The predicted molar refractivity (Wildman–Crippen MR) is 90.0 cm³/mol. The van der Waals surface area contributed by atoms with Crippen molar-refractivity contribution < 1.29 is 42.9 Å². The standard InChI is InChI=1S/C16H21NO9S/c1-8(18)22-7-12-13(23-9(2)19)14(24-10(3)20)15(25-11(4)21)16(26-12)27-6-5-17/h12-16H,6-7H2,1-4H3/t12-,13-,14+,15+,16?/m1/s1. The molecule has 0 aromatic heterocycles. The van der Waals surface area contributed by atoms with Crippen LogP contribution in [-0.2, 0) is 42.9 Å². The number of hydrogen-bond acceptors (Lipinski definition) is 11. The van der Waals surface area contributed by atoms with E-state index in [9.17, 15) is 19.2 Å². The van der Waals surface area contributed by atoms with Gasteiger partial charge in [0.1, 0.15) is 18.1 Å². The summed E-state index contributed by atoms with van der Waals surface area (Å²) < 4.78 is 26.4. The molecule has 5 atom stereocenters. The van der Waals surface area contributed by atoms with E-state index in [1.54, 1.807) is 0 Å². The van der Waals surface area contributed by atoms with Crippen LogP contribution in [0.1, 0.15) is 27.7 Å². The van der Waals surface area contributed by atoms with Crippen molar-refractivity contribution in [2.45, 2.75) is 57.5 Å². The van der Waals surface area contributed by atoms with Crippen molar-refractivity contribution in [1.29, 1.82) is 5.26 Å². The summed E-state index contributed by atoms with van der Waals surface area (Å²) in [6.07, 6.45) is -4.53. The molecule has 0 aromatic rings. The molecule has 0 spiro atoms. The smallest absolute Gasteiger partial charge is 0.303 e.